The lowest BCUT2D eigenvalue weighted by Crippen LogP contribution is -2.34. The number of para-hydroxylation sites is 2. The van der Waals surface area contributed by atoms with Crippen LogP contribution in [-0.2, 0) is 24.3 Å². The van der Waals surface area contributed by atoms with Crippen LogP contribution in [-0.4, -0.2) is 21.6 Å². The normalized spacial score (nSPS) is 11.0. The molecule has 0 unspecified atom stereocenters. The number of nitrogens with zero attached hydrogens (tertiary/aromatic N) is 2. The van der Waals surface area contributed by atoms with E-state index in [1.54, 1.807) is 22.8 Å². The Morgan fingerprint density at radius 2 is 1.69 bits per heavy atom. The first kappa shape index (κ1) is 17.9. The fraction of sp³-hybridized carbons (Fsp3) is 0.300. The monoisotopic (exact) mass is 355 g/mol. The molecule has 0 aliphatic rings. The summed E-state index contributed by atoms with van der Waals surface area (Å²) in [5, 5.41) is 2.77. The first-order chi connectivity index (χ1) is 12.6. The van der Waals surface area contributed by atoms with E-state index in [-0.39, 0.29) is 24.0 Å². The third-order valence-corrected chi connectivity index (χ3v) is 4.35. The predicted molar refractivity (Wildman–Crippen MR) is 99.6 cm³/mol. The van der Waals surface area contributed by atoms with Gasteiger partial charge in [0.15, 0.2) is 0 Å². The van der Waals surface area contributed by atoms with Gasteiger partial charge in [-0.15, -0.1) is 0 Å². The second kappa shape index (κ2) is 7.99. The number of nitrogens with one attached hydrogen (secondary N) is 1. The molecule has 26 heavy (non-hydrogen) atoms. The Labute approximate surface area is 151 Å². The lowest BCUT2D eigenvalue weighted by Gasteiger charge is -2.07. The van der Waals surface area contributed by atoms with Gasteiger partial charge < -0.3 is 5.32 Å². The van der Waals surface area contributed by atoms with Crippen molar-refractivity contribution in [2.45, 2.75) is 32.9 Å². The van der Waals surface area contributed by atoms with Crippen molar-refractivity contribution in [1.29, 1.82) is 0 Å². The Morgan fingerprint density at radius 1 is 1.04 bits per heavy atom. The van der Waals surface area contributed by atoms with Gasteiger partial charge >= 0.3 is 5.69 Å². The summed E-state index contributed by atoms with van der Waals surface area (Å²) in [6.07, 6.45) is 1.24. The molecule has 5 nitrogen and oxygen atoms in total. The number of hydrogen-bond acceptors (Lipinski definition) is 2. The van der Waals surface area contributed by atoms with E-state index in [1.165, 1.54) is 10.6 Å². The summed E-state index contributed by atoms with van der Waals surface area (Å²) in [6, 6.07) is 14.0. The van der Waals surface area contributed by atoms with Gasteiger partial charge in [-0.25, -0.2) is 9.18 Å². The van der Waals surface area contributed by atoms with Crippen LogP contribution in [0, 0.1) is 5.82 Å². The minimum Gasteiger partial charge on any atom is -0.354 e. The van der Waals surface area contributed by atoms with E-state index in [2.05, 4.69) is 5.32 Å². The Morgan fingerprint density at radius 3 is 2.38 bits per heavy atom. The number of aryl methyl sites for hydroxylation is 1. The van der Waals surface area contributed by atoms with Crippen LogP contribution in [0.1, 0.15) is 18.9 Å². The molecule has 0 radical (unpaired) electrons. The summed E-state index contributed by atoms with van der Waals surface area (Å²) in [6.45, 7) is 2.89. The molecule has 1 N–H and O–H groups in total. The highest BCUT2D eigenvalue weighted by Crippen LogP contribution is 2.13. The summed E-state index contributed by atoms with van der Waals surface area (Å²) in [4.78, 5) is 24.9. The molecule has 3 aromatic rings. The zero-order valence-electron chi connectivity index (χ0n) is 14.7. The maximum Gasteiger partial charge on any atom is 0.329 e. The molecule has 0 aliphatic heterocycles. The summed E-state index contributed by atoms with van der Waals surface area (Å²) < 4.78 is 16.8. The van der Waals surface area contributed by atoms with Crippen LogP contribution in [0.15, 0.2) is 53.3 Å². The van der Waals surface area contributed by atoms with Crippen LogP contribution in [0.25, 0.3) is 11.0 Å². The van der Waals surface area contributed by atoms with Crippen LogP contribution in [0.4, 0.5) is 4.39 Å². The number of rotatable bonds is 7. The van der Waals surface area contributed by atoms with Crippen molar-refractivity contribution in [3.05, 3.63) is 70.4 Å². The highest BCUT2D eigenvalue weighted by atomic mass is 19.1. The van der Waals surface area contributed by atoms with Crippen LogP contribution in [0.3, 0.4) is 0 Å². The lowest BCUT2D eigenvalue weighted by molar-refractivity contribution is -0.121. The number of benzene rings is 2. The van der Waals surface area contributed by atoms with E-state index in [4.69, 9.17) is 0 Å². The SMILES string of the molecule is CCCn1c(=O)n(CC(=O)NCCc2ccccc2F)c2ccccc21. The number of carbonyl (C=O) groups excluding carboxylic acids is 1. The van der Waals surface area contributed by atoms with E-state index >= 15 is 0 Å². The number of amides is 1. The summed E-state index contributed by atoms with van der Waals surface area (Å²) in [5.74, 6) is -0.538. The molecule has 0 fully saturated rings. The predicted octanol–water partition coefficient (Wildman–Crippen LogP) is 2.71. The van der Waals surface area contributed by atoms with Gasteiger partial charge in [-0.05, 0) is 36.6 Å². The summed E-state index contributed by atoms with van der Waals surface area (Å²) in [5.41, 5.74) is 1.95. The first-order valence-electron chi connectivity index (χ1n) is 8.80. The lowest BCUT2D eigenvalue weighted by atomic mass is 10.1. The second-order valence-corrected chi connectivity index (χ2v) is 6.20. The molecule has 1 heterocycles. The zero-order chi connectivity index (χ0) is 18.5. The Hall–Kier alpha value is -2.89. The van der Waals surface area contributed by atoms with Crippen molar-refractivity contribution in [1.82, 2.24) is 14.5 Å². The third-order valence-electron chi connectivity index (χ3n) is 4.35. The number of hydrogen-bond donors (Lipinski definition) is 1. The molecular formula is C20H22FN3O2. The first-order valence-corrected chi connectivity index (χ1v) is 8.80. The molecule has 0 saturated carbocycles. The highest BCUT2D eigenvalue weighted by Gasteiger charge is 2.14. The molecule has 0 bridgehead atoms. The van der Waals surface area contributed by atoms with Crippen molar-refractivity contribution in [2.24, 2.45) is 0 Å². The Kier molecular flexibility index (Phi) is 5.51. The molecule has 0 aliphatic carbocycles. The van der Waals surface area contributed by atoms with Gasteiger partial charge in [0.25, 0.3) is 0 Å². The van der Waals surface area contributed by atoms with Crippen LogP contribution in [0.5, 0.6) is 0 Å². The maximum atomic E-state index is 13.6. The fourth-order valence-electron chi connectivity index (χ4n) is 3.10. The summed E-state index contributed by atoms with van der Waals surface area (Å²) >= 11 is 0. The van der Waals surface area contributed by atoms with Crippen molar-refractivity contribution < 1.29 is 9.18 Å². The molecule has 0 saturated heterocycles. The second-order valence-electron chi connectivity index (χ2n) is 6.20. The van der Waals surface area contributed by atoms with Gasteiger partial charge in [0.05, 0.1) is 11.0 Å². The third kappa shape index (κ3) is 3.69. The molecule has 136 valence electrons. The van der Waals surface area contributed by atoms with Crippen LogP contribution >= 0.6 is 0 Å². The van der Waals surface area contributed by atoms with Gasteiger partial charge in [0.1, 0.15) is 12.4 Å². The van der Waals surface area contributed by atoms with Crippen molar-refractivity contribution in [3.63, 3.8) is 0 Å². The molecular weight excluding hydrogens is 333 g/mol. The van der Waals surface area contributed by atoms with E-state index in [0.717, 1.165) is 17.5 Å². The number of carbonyl (C=O) groups is 1. The number of fused-ring (bicyclic) bond motifs is 1. The Balaban J connectivity index is 1.71. The average Bonchev–Trinajstić information content (AvgIpc) is 2.90. The molecule has 0 spiro atoms. The largest absolute Gasteiger partial charge is 0.354 e. The smallest absolute Gasteiger partial charge is 0.329 e. The molecule has 1 amide bonds. The maximum absolute atomic E-state index is 13.6. The van der Waals surface area contributed by atoms with E-state index in [1.807, 2.05) is 31.2 Å². The highest BCUT2D eigenvalue weighted by molar-refractivity contribution is 5.80. The van der Waals surface area contributed by atoms with Crippen LogP contribution < -0.4 is 11.0 Å². The Bertz CT molecular complexity index is 975. The molecule has 1 aromatic heterocycles. The number of halogens is 1. The van der Waals surface area contributed by atoms with Gasteiger partial charge in [0.2, 0.25) is 5.91 Å². The zero-order valence-corrected chi connectivity index (χ0v) is 14.7. The quantitative estimate of drug-likeness (QED) is 0.708. The minimum atomic E-state index is -0.277. The van der Waals surface area contributed by atoms with Gasteiger partial charge in [-0.2, -0.15) is 0 Å². The number of imidazole rings is 1. The summed E-state index contributed by atoms with van der Waals surface area (Å²) in [7, 11) is 0. The van der Waals surface area contributed by atoms with E-state index in [9.17, 15) is 14.0 Å². The molecule has 6 heteroatoms. The van der Waals surface area contributed by atoms with Crippen molar-refractivity contribution in [3.8, 4) is 0 Å². The minimum absolute atomic E-state index is 0.0483. The van der Waals surface area contributed by atoms with Crippen molar-refractivity contribution >= 4 is 16.9 Å². The number of aromatic nitrogens is 2. The van der Waals surface area contributed by atoms with Crippen LogP contribution in [0.2, 0.25) is 0 Å². The molecule has 0 atom stereocenters. The van der Waals surface area contributed by atoms with Crippen molar-refractivity contribution in [2.75, 3.05) is 6.54 Å². The van der Waals surface area contributed by atoms with Gasteiger partial charge in [-0.1, -0.05) is 37.3 Å². The van der Waals surface area contributed by atoms with E-state index < -0.39 is 0 Å². The molecule has 2 aromatic carbocycles. The average molecular weight is 355 g/mol. The van der Waals surface area contributed by atoms with Gasteiger partial charge in [0, 0.05) is 13.1 Å². The van der Waals surface area contributed by atoms with Gasteiger partial charge in [-0.3, -0.25) is 13.9 Å². The topological polar surface area (TPSA) is 56.0 Å². The van der Waals surface area contributed by atoms with E-state index in [0.29, 0.717) is 25.1 Å². The molecule has 3 rings (SSSR count). The standard InChI is InChI=1S/C20H22FN3O2/c1-2-13-23-17-9-5-6-10-18(17)24(20(23)26)14-19(25)22-12-11-15-7-3-4-8-16(15)21/h3-10H,2,11-14H2,1H3,(H,22,25). The fourth-order valence-corrected chi connectivity index (χ4v) is 3.10.